The minimum atomic E-state index is -1.38. The van der Waals surface area contributed by atoms with Gasteiger partial charge in [-0.15, -0.1) is 0 Å². The Morgan fingerprint density at radius 3 is 2.31 bits per heavy atom. The van der Waals surface area contributed by atoms with Crippen LogP contribution in [-0.4, -0.2) is 27.4 Å². The number of carboxylic acids is 1. The molecule has 0 radical (unpaired) electrons. The van der Waals surface area contributed by atoms with Gasteiger partial charge in [0.15, 0.2) is 6.10 Å². The molecule has 4 nitrogen and oxygen atoms in total. The number of aromatic hydroxyl groups is 1. The summed E-state index contributed by atoms with van der Waals surface area (Å²) in [6.45, 7) is 0. The van der Waals surface area contributed by atoms with Crippen LogP contribution in [0.2, 0.25) is 0 Å². The Kier molecular flexibility index (Phi) is 2.87. The number of carbonyl (C=O) groups is 1. The molecule has 0 aromatic heterocycles. The Morgan fingerprint density at radius 1 is 1.31 bits per heavy atom. The summed E-state index contributed by atoms with van der Waals surface area (Å²) in [4.78, 5) is 10.3. The van der Waals surface area contributed by atoms with Gasteiger partial charge in [-0.25, -0.2) is 4.79 Å². The summed E-state index contributed by atoms with van der Waals surface area (Å²) >= 11 is 0. The number of benzene rings is 1. The van der Waals surface area contributed by atoms with Gasteiger partial charge in [0.25, 0.3) is 0 Å². The van der Waals surface area contributed by atoms with Crippen LogP contribution in [0.15, 0.2) is 24.3 Å². The number of rotatable bonds is 3. The van der Waals surface area contributed by atoms with Crippen LogP contribution in [0.25, 0.3) is 0 Å². The molecule has 0 aliphatic rings. The zero-order valence-corrected chi connectivity index (χ0v) is 6.84. The lowest BCUT2D eigenvalue weighted by atomic mass is 10.1. The van der Waals surface area contributed by atoms with Crippen molar-refractivity contribution in [2.45, 2.75) is 12.5 Å². The van der Waals surface area contributed by atoms with E-state index in [1.54, 1.807) is 12.1 Å². The molecule has 4 heteroatoms. The van der Waals surface area contributed by atoms with Crippen LogP contribution in [0.4, 0.5) is 0 Å². The number of aliphatic hydroxyl groups is 1. The molecule has 0 bridgehead atoms. The first-order valence-corrected chi connectivity index (χ1v) is 3.78. The third kappa shape index (κ3) is 2.76. The number of carboxylic acid groups (broad SMARTS) is 1. The molecule has 70 valence electrons. The summed E-state index contributed by atoms with van der Waals surface area (Å²) in [5, 5.41) is 26.3. The molecule has 3 N–H and O–H groups in total. The second-order valence-electron chi connectivity index (χ2n) is 2.72. The predicted molar refractivity (Wildman–Crippen MR) is 45.5 cm³/mol. The molecule has 0 aliphatic heterocycles. The van der Waals surface area contributed by atoms with E-state index in [0.29, 0.717) is 5.56 Å². The first kappa shape index (κ1) is 9.54. The second kappa shape index (κ2) is 3.91. The maximum atomic E-state index is 10.3. The average molecular weight is 182 g/mol. The van der Waals surface area contributed by atoms with Gasteiger partial charge in [0, 0.05) is 6.42 Å². The van der Waals surface area contributed by atoms with Crippen LogP contribution in [0.5, 0.6) is 5.75 Å². The van der Waals surface area contributed by atoms with Crippen molar-refractivity contribution < 1.29 is 20.1 Å². The monoisotopic (exact) mass is 182 g/mol. The number of hydrogen-bond acceptors (Lipinski definition) is 3. The number of phenolic OH excluding ortho intramolecular Hbond substituents is 1. The van der Waals surface area contributed by atoms with Gasteiger partial charge < -0.3 is 15.3 Å². The highest BCUT2D eigenvalue weighted by Crippen LogP contribution is 2.11. The number of hydrogen-bond donors (Lipinski definition) is 3. The first-order valence-electron chi connectivity index (χ1n) is 3.78. The zero-order chi connectivity index (χ0) is 9.84. The summed E-state index contributed by atoms with van der Waals surface area (Å²) in [5.41, 5.74) is 0.674. The minimum Gasteiger partial charge on any atom is -0.508 e. The molecule has 0 heterocycles. The van der Waals surface area contributed by atoms with Gasteiger partial charge in [-0.1, -0.05) is 12.1 Å². The molecular formula is C9H10O4. The molecule has 13 heavy (non-hydrogen) atoms. The molecule has 1 aromatic rings. The van der Waals surface area contributed by atoms with E-state index in [-0.39, 0.29) is 12.2 Å². The standard InChI is InChI=1S/C9H10O4/c10-7-3-1-6(2-4-7)5-8(11)9(12)13/h1-4,8,10-11H,5H2,(H,12,13)/t8-/m1/s1. The summed E-state index contributed by atoms with van der Waals surface area (Å²) in [6.07, 6.45) is -1.33. The molecule has 0 spiro atoms. The van der Waals surface area contributed by atoms with Gasteiger partial charge in [-0.2, -0.15) is 0 Å². The topological polar surface area (TPSA) is 77.8 Å². The summed E-state index contributed by atoms with van der Waals surface area (Å²) in [6, 6.07) is 6.04. The van der Waals surface area contributed by atoms with Crippen LogP contribution < -0.4 is 0 Å². The van der Waals surface area contributed by atoms with Crippen LogP contribution in [0.3, 0.4) is 0 Å². The van der Waals surface area contributed by atoms with Crippen molar-refractivity contribution in [3.05, 3.63) is 29.8 Å². The summed E-state index contributed by atoms with van der Waals surface area (Å²) in [5.74, 6) is -1.12. The van der Waals surface area contributed by atoms with Gasteiger partial charge in [0.1, 0.15) is 5.75 Å². The SMILES string of the molecule is O=C(O)[C@H](O)Cc1ccc(O)cc1. The van der Waals surface area contributed by atoms with Crippen molar-refractivity contribution in [1.82, 2.24) is 0 Å². The largest absolute Gasteiger partial charge is 0.508 e. The lowest BCUT2D eigenvalue weighted by Gasteiger charge is -2.04. The van der Waals surface area contributed by atoms with E-state index >= 15 is 0 Å². The van der Waals surface area contributed by atoms with Crippen LogP contribution in [-0.2, 0) is 11.2 Å². The quantitative estimate of drug-likeness (QED) is 0.631. The zero-order valence-electron chi connectivity index (χ0n) is 6.84. The van der Waals surface area contributed by atoms with Crippen molar-refractivity contribution in [2.75, 3.05) is 0 Å². The predicted octanol–water partition coefficient (Wildman–Crippen LogP) is 0.380. The summed E-state index contributed by atoms with van der Waals surface area (Å²) < 4.78 is 0. The fourth-order valence-electron chi connectivity index (χ4n) is 0.943. The molecule has 0 amide bonds. The van der Waals surface area contributed by atoms with Gasteiger partial charge >= 0.3 is 5.97 Å². The minimum absolute atomic E-state index is 0.0512. The number of phenols is 1. The average Bonchev–Trinajstić information content (AvgIpc) is 2.08. The Balaban J connectivity index is 2.64. The van der Waals surface area contributed by atoms with Crippen molar-refractivity contribution in [3.8, 4) is 5.75 Å². The molecule has 1 rings (SSSR count). The molecule has 0 saturated carbocycles. The van der Waals surface area contributed by atoms with Crippen LogP contribution in [0, 0.1) is 0 Å². The molecular weight excluding hydrogens is 172 g/mol. The van der Waals surface area contributed by atoms with Crippen molar-refractivity contribution in [1.29, 1.82) is 0 Å². The summed E-state index contributed by atoms with van der Waals surface area (Å²) in [7, 11) is 0. The van der Waals surface area contributed by atoms with Gasteiger partial charge in [-0.3, -0.25) is 0 Å². The Labute approximate surface area is 75.1 Å². The Bertz CT molecular complexity index is 291. The van der Waals surface area contributed by atoms with Crippen molar-refractivity contribution in [3.63, 3.8) is 0 Å². The van der Waals surface area contributed by atoms with E-state index in [1.165, 1.54) is 12.1 Å². The second-order valence-corrected chi connectivity index (χ2v) is 2.72. The highest BCUT2D eigenvalue weighted by Gasteiger charge is 2.13. The number of aliphatic carboxylic acids is 1. The lowest BCUT2D eigenvalue weighted by Crippen LogP contribution is -2.21. The fourth-order valence-corrected chi connectivity index (χ4v) is 0.943. The highest BCUT2D eigenvalue weighted by molar-refractivity contribution is 5.72. The normalized spacial score (nSPS) is 12.4. The maximum Gasteiger partial charge on any atom is 0.332 e. The van der Waals surface area contributed by atoms with E-state index in [0.717, 1.165) is 0 Å². The highest BCUT2D eigenvalue weighted by atomic mass is 16.4. The first-order chi connectivity index (χ1) is 6.09. The van der Waals surface area contributed by atoms with E-state index in [1.807, 2.05) is 0 Å². The van der Waals surface area contributed by atoms with Crippen LogP contribution in [0.1, 0.15) is 5.56 Å². The maximum absolute atomic E-state index is 10.3. The van der Waals surface area contributed by atoms with Crippen molar-refractivity contribution >= 4 is 5.97 Å². The van der Waals surface area contributed by atoms with Crippen LogP contribution >= 0.6 is 0 Å². The third-order valence-corrected chi connectivity index (χ3v) is 1.65. The molecule has 0 saturated heterocycles. The van der Waals surface area contributed by atoms with Gasteiger partial charge in [0.05, 0.1) is 0 Å². The molecule has 1 aromatic carbocycles. The molecule has 0 fully saturated rings. The van der Waals surface area contributed by atoms with E-state index in [9.17, 15) is 4.79 Å². The molecule has 1 atom stereocenters. The fraction of sp³-hybridized carbons (Fsp3) is 0.222. The Morgan fingerprint density at radius 2 is 1.85 bits per heavy atom. The molecule has 0 aliphatic carbocycles. The van der Waals surface area contributed by atoms with Gasteiger partial charge in [-0.05, 0) is 17.7 Å². The lowest BCUT2D eigenvalue weighted by molar-refractivity contribution is -0.146. The smallest absolute Gasteiger partial charge is 0.332 e. The Hall–Kier alpha value is -1.55. The van der Waals surface area contributed by atoms with E-state index in [4.69, 9.17) is 15.3 Å². The molecule has 0 unspecified atom stereocenters. The van der Waals surface area contributed by atoms with E-state index in [2.05, 4.69) is 0 Å². The van der Waals surface area contributed by atoms with Crippen molar-refractivity contribution in [2.24, 2.45) is 0 Å². The number of aliphatic hydroxyl groups excluding tert-OH is 1. The van der Waals surface area contributed by atoms with E-state index < -0.39 is 12.1 Å². The third-order valence-electron chi connectivity index (χ3n) is 1.65. The van der Waals surface area contributed by atoms with Gasteiger partial charge in [0.2, 0.25) is 0 Å².